The zero-order valence-corrected chi connectivity index (χ0v) is 32.8. The van der Waals surface area contributed by atoms with Crippen molar-refractivity contribution in [1.82, 2.24) is 0 Å². The van der Waals surface area contributed by atoms with Crippen molar-refractivity contribution in [1.29, 1.82) is 0 Å². The average molecular weight is 686 g/mol. The first kappa shape index (κ1) is 45.0. The van der Waals surface area contributed by atoms with E-state index in [-0.39, 0.29) is 6.54 Å². The maximum absolute atomic E-state index is 8.99. The van der Waals surface area contributed by atoms with Crippen LogP contribution in [-0.4, -0.2) is 19.8 Å². The topological polar surface area (TPSA) is 76.5 Å². The van der Waals surface area contributed by atoms with Gasteiger partial charge in [0.15, 0.2) is 11.5 Å². The van der Waals surface area contributed by atoms with Gasteiger partial charge in [-0.25, -0.2) is 0 Å². The van der Waals surface area contributed by atoms with Crippen LogP contribution in [0.2, 0.25) is 0 Å². The molecule has 0 aliphatic rings. The lowest BCUT2D eigenvalue weighted by Gasteiger charge is -2.19. The number of rotatable bonds is 38. The van der Waals surface area contributed by atoms with E-state index in [0.29, 0.717) is 19.8 Å². The number of benzene rings is 1. The molecule has 0 heterocycles. The van der Waals surface area contributed by atoms with Crippen LogP contribution in [-0.2, 0) is 6.54 Å². The number of unbranched alkanes of at least 4 members (excludes halogenated alkanes) is 27. The van der Waals surface area contributed by atoms with Crippen LogP contribution in [0.15, 0.2) is 17.2 Å². The molecule has 6 nitrogen and oxygen atoms in total. The molecule has 6 heteroatoms. The summed E-state index contributed by atoms with van der Waals surface area (Å²) in [7, 11) is 0. The minimum absolute atomic E-state index is 0.276. The second-order valence-corrected chi connectivity index (χ2v) is 14.4. The Kier molecular flexibility index (Phi) is 32.8. The summed E-state index contributed by atoms with van der Waals surface area (Å²) in [5.74, 6) is 2.18. The summed E-state index contributed by atoms with van der Waals surface area (Å²) in [6.07, 6.45) is 39.0. The van der Waals surface area contributed by atoms with E-state index in [0.717, 1.165) is 42.1 Å². The molecule has 0 spiro atoms. The fourth-order valence-electron chi connectivity index (χ4n) is 6.50. The number of hydrogen-bond donors (Lipinski definition) is 0. The highest BCUT2D eigenvalue weighted by molar-refractivity contribution is 5.54. The van der Waals surface area contributed by atoms with Gasteiger partial charge in [0.25, 0.3) is 0 Å². The average Bonchev–Trinajstić information content (AvgIpc) is 3.11. The van der Waals surface area contributed by atoms with Crippen LogP contribution in [0, 0.1) is 0 Å². The summed E-state index contributed by atoms with van der Waals surface area (Å²) < 4.78 is 19.2. The molecule has 1 rings (SSSR count). The summed E-state index contributed by atoms with van der Waals surface area (Å²) in [6.45, 7) is 9.09. The molecule has 1 aromatic carbocycles. The van der Waals surface area contributed by atoms with E-state index in [4.69, 9.17) is 19.7 Å². The molecule has 0 bridgehead atoms. The lowest BCUT2D eigenvalue weighted by molar-refractivity contribution is 0.234. The summed E-state index contributed by atoms with van der Waals surface area (Å²) in [5, 5.41) is 3.84. The molecule has 0 aliphatic heterocycles. The van der Waals surface area contributed by atoms with Gasteiger partial charge in [-0.1, -0.05) is 199 Å². The van der Waals surface area contributed by atoms with Crippen LogP contribution in [0.25, 0.3) is 10.4 Å². The van der Waals surface area contributed by atoms with Gasteiger partial charge in [-0.15, -0.1) is 0 Å². The second-order valence-electron chi connectivity index (χ2n) is 14.4. The predicted octanol–water partition coefficient (Wildman–Crippen LogP) is 15.4. The Bertz CT molecular complexity index is 855. The van der Waals surface area contributed by atoms with Crippen molar-refractivity contribution in [3.8, 4) is 17.2 Å². The van der Waals surface area contributed by atoms with Crippen molar-refractivity contribution < 1.29 is 14.2 Å². The first-order valence-corrected chi connectivity index (χ1v) is 21.3. The van der Waals surface area contributed by atoms with Gasteiger partial charge >= 0.3 is 0 Å². The van der Waals surface area contributed by atoms with E-state index in [9.17, 15) is 0 Å². The molecule has 0 saturated carbocycles. The highest BCUT2D eigenvalue weighted by atomic mass is 16.5. The van der Waals surface area contributed by atoms with Crippen molar-refractivity contribution in [2.45, 2.75) is 220 Å². The largest absolute Gasteiger partial charge is 0.490 e. The summed E-state index contributed by atoms with van der Waals surface area (Å²) >= 11 is 0. The summed E-state index contributed by atoms with van der Waals surface area (Å²) in [5.41, 5.74) is 9.90. The van der Waals surface area contributed by atoms with Crippen LogP contribution in [0.4, 0.5) is 0 Å². The van der Waals surface area contributed by atoms with E-state index in [2.05, 4.69) is 30.8 Å². The minimum Gasteiger partial charge on any atom is -0.490 e. The monoisotopic (exact) mass is 686 g/mol. The molecule has 49 heavy (non-hydrogen) atoms. The first-order chi connectivity index (χ1) is 24.3. The quantitative estimate of drug-likeness (QED) is 0.0301. The fourth-order valence-corrected chi connectivity index (χ4v) is 6.50. The number of nitrogens with zero attached hydrogens (tertiary/aromatic N) is 3. The van der Waals surface area contributed by atoms with Gasteiger partial charge in [-0.05, 0) is 42.5 Å². The Morgan fingerprint density at radius 2 is 0.714 bits per heavy atom. The lowest BCUT2D eigenvalue weighted by atomic mass is 10.1. The minimum atomic E-state index is 0.276. The fraction of sp³-hybridized carbons (Fsp3) is 0.860. The third-order valence-corrected chi connectivity index (χ3v) is 9.65. The molecular weight excluding hydrogens is 606 g/mol. The molecule has 0 saturated heterocycles. The molecule has 0 fully saturated rings. The van der Waals surface area contributed by atoms with Crippen molar-refractivity contribution in [3.63, 3.8) is 0 Å². The molecular formula is C43H79N3O3. The van der Waals surface area contributed by atoms with Gasteiger partial charge in [-0.3, -0.25) is 0 Å². The maximum Gasteiger partial charge on any atom is 0.203 e. The molecule has 1 aromatic rings. The smallest absolute Gasteiger partial charge is 0.203 e. The van der Waals surface area contributed by atoms with Crippen LogP contribution in [0.1, 0.15) is 219 Å². The molecule has 0 unspecified atom stereocenters. The standard InChI is InChI=1S/C43H79N3O3/c1-4-7-10-13-16-19-22-25-28-31-34-47-41-37-40(39-45-46-44)38-42(48-35-32-29-26-23-20-17-14-11-8-5-2)43(41)49-36-33-30-27-24-21-18-15-12-9-6-3/h37-38H,4-36,39H2,1-3H3. The van der Waals surface area contributed by atoms with Gasteiger partial charge in [0.05, 0.1) is 26.4 Å². The molecule has 284 valence electrons. The van der Waals surface area contributed by atoms with Gasteiger partial charge in [-0.2, -0.15) is 0 Å². The lowest BCUT2D eigenvalue weighted by Crippen LogP contribution is -2.07. The van der Waals surface area contributed by atoms with E-state index < -0.39 is 0 Å². The van der Waals surface area contributed by atoms with E-state index in [1.54, 1.807) is 0 Å². The molecule has 0 aromatic heterocycles. The van der Waals surface area contributed by atoms with Gasteiger partial charge in [0, 0.05) is 4.91 Å². The van der Waals surface area contributed by atoms with Gasteiger partial charge < -0.3 is 14.2 Å². The van der Waals surface area contributed by atoms with Crippen molar-refractivity contribution >= 4 is 0 Å². The predicted molar refractivity (Wildman–Crippen MR) is 211 cm³/mol. The van der Waals surface area contributed by atoms with Crippen molar-refractivity contribution in [2.24, 2.45) is 5.11 Å². The van der Waals surface area contributed by atoms with Gasteiger partial charge in [0.1, 0.15) is 0 Å². The Hall–Kier alpha value is -2.07. The van der Waals surface area contributed by atoms with Crippen molar-refractivity contribution in [3.05, 3.63) is 28.1 Å². The van der Waals surface area contributed by atoms with Crippen LogP contribution in [0.5, 0.6) is 17.2 Å². The van der Waals surface area contributed by atoms with Crippen LogP contribution in [0.3, 0.4) is 0 Å². The maximum atomic E-state index is 8.99. The van der Waals surface area contributed by atoms with E-state index in [1.165, 1.54) is 173 Å². The zero-order chi connectivity index (χ0) is 35.3. The van der Waals surface area contributed by atoms with Crippen LogP contribution >= 0.6 is 0 Å². The SMILES string of the molecule is CCCCCCCCCCCCOc1cc(CN=[N+]=[N-])cc(OCCCCCCCCCCCC)c1OCCCCCCCCCCCC. The molecule has 0 amide bonds. The Morgan fingerprint density at radius 3 is 1.02 bits per heavy atom. The molecule has 0 radical (unpaired) electrons. The number of azide groups is 1. The Balaban J connectivity index is 2.66. The Labute approximate surface area is 303 Å². The molecule has 0 N–H and O–H groups in total. The van der Waals surface area contributed by atoms with Gasteiger partial charge in [0.2, 0.25) is 5.75 Å². The first-order valence-electron chi connectivity index (χ1n) is 21.3. The zero-order valence-electron chi connectivity index (χ0n) is 32.8. The third kappa shape index (κ3) is 27.3. The van der Waals surface area contributed by atoms with Crippen LogP contribution < -0.4 is 14.2 Å². The van der Waals surface area contributed by atoms with E-state index >= 15 is 0 Å². The second kappa shape index (κ2) is 35.7. The molecule has 0 atom stereocenters. The highest BCUT2D eigenvalue weighted by Crippen LogP contribution is 2.40. The molecule has 0 aliphatic carbocycles. The summed E-state index contributed by atoms with van der Waals surface area (Å²) in [6, 6.07) is 3.98. The number of ether oxygens (including phenoxy) is 3. The highest BCUT2D eigenvalue weighted by Gasteiger charge is 2.16. The van der Waals surface area contributed by atoms with E-state index in [1.807, 2.05) is 12.1 Å². The summed E-state index contributed by atoms with van der Waals surface area (Å²) in [4.78, 5) is 3.00. The Morgan fingerprint density at radius 1 is 0.429 bits per heavy atom. The number of hydrogen-bond acceptors (Lipinski definition) is 4. The third-order valence-electron chi connectivity index (χ3n) is 9.65. The normalized spacial score (nSPS) is 11.1. The van der Waals surface area contributed by atoms with Crippen molar-refractivity contribution in [2.75, 3.05) is 19.8 Å².